The number of benzene rings is 1. The van der Waals surface area contributed by atoms with Gasteiger partial charge in [-0.15, -0.1) is 0 Å². The van der Waals surface area contributed by atoms with Crippen molar-refractivity contribution in [3.63, 3.8) is 0 Å². The summed E-state index contributed by atoms with van der Waals surface area (Å²) in [6, 6.07) is 5.74. The molecule has 3 aromatic rings. The standard InChI is InChI=1S/C20H22N4O5/c1-11(2)16-9-14(15-10-21-23(12(3)4)19(15)22-16)20(25)29-18-7-6-13(28-5)8-17(18)24(26)27/h6-12H,1-5H3. The number of carbonyl (C=O) groups is 1. The van der Waals surface area contributed by atoms with E-state index in [9.17, 15) is 14.9 Å². The molecule has 0 N–H and O–H groups in total. The summed E-state index contributed by atoms with van der Waals surface area (Å²) in [5, 5.41) is 16.2. The lowest BCUT2D eigenvalue weighted by Gasteiger charge is -2.12. The molecule has 0 saturated heterocycles. The van der Waals surface area contributed by atoms with Gasteiger partial charge in [0.25, 0.3) is 0 Å². The molecule has 0 unspecified atom stereocenters. The van der Waals surface area contributed by atoms with E-state index in [1.165, 1.54) is 25.3 Å². The van der Waals surface area contributed by atoms with Gasteiger partial charge in [-0.05, 0) is 38.0 Å². The van der Waals surface area contributed by atoms with Crippen LogP contribution in [-0.2, 0) is 0 Å². The first kappa shape index (κ1) is 20.2. The number of nitrogens with zero attached hydrogens (tertiary/aromatic N) is 4. The number of aromatic nitrogens is 3. The average molecular weight is 398 g/mol. The zero-order valence-electron chi connectivity index (χ0n) is 16.9. The predicted molar refractivity (Wildman–Crippen MR) is 107 cm³/mol. The molecule has 0 amide bonds. The van der Waals surface area contributed by atoms with Gasteiger partial charge < -0.3 is 9.47 Å². The van der Waals surface area contributed by atoms with Crippen LogP contribution in [0.1, 0.15) is 55.7 Å². The average Bonchev–Trinajstić information content (AvgIpc) is 3.11. The molecular formula is C20H22N4O5. The number of rotatable bonds is 6. The van der Waals surface area contributed by atoms with E-state index in [-0.39, 0.29) is 29.0 Å². The van der Waals surface area contributed by atoms with Gasteiger partial charge >= 0.3 is 11.7 Å². The molecule has 29 heavy (non-hydrogen) atoms. The first-order chi connectivity index (χ1) is 13.7. The molecule has 9 heteroatoms. The lowest BCUT2D eigenvalue weighted by molar-refractivity contribution is -0.385. The van der Waals surface area contributed by atoms with E-state index in [1.54, 1.807) is 16.9 Å². The van der Waals surface area contributed by atoms with Crippen LogP contribution in [0, 0.1) is 10.1 Å². The SMILES string of the molecule is COc1ccc(OC(=O)c2cc(C(C)C)nc3c2cnn3C(C)C)c([N+](=O)[O-])c1. The highest BCUT2D eigenvalue weighted by molar-refractivity contribution is 6.03. The number of nitro groups is 1. The molecule has 2 aromatic heterocycles. The Hall–Kier alpha value is -3.49. The molecule has 0 bridgehead atoms. The molecule has 152 valence electrons. The fourth-order valence-corrected chi connectivity index (χ4v) is 2.89. The number of hydrogen-bond donors (Lipinski definition) is 0. The number of pyridine rings is 1. The molecule has 3 rings (SSSR count). The summed E-state index contributed by atoms with van der Waals surface area (Å²) in [4.78, 5) is 28.4. The van der Waals surface area contributed by atoms with E-state index in [4.69, 9.17) is 9.47 Å². The second-order valence-corrected chi connectivity index (χ2v) is 7.15. The summed E-state index contributed by atoms with van der Waals surface area (Å²) in [7, 11) is 1.40. The number of ether oxygens (including phenoxy) is 2. The van der Waals surface area contributed by atoms with Gasteiger partial charge in [-0.3, -0.25) is 10.1 Å². The smallest absolute Gasteiger partial charge is 0.344 e. The highest BCUT2D eigenvalue weighted by Gasteiger charge is 2.24. The van der Waals surface area contributed by atoms with Gasteiger partial charge in [-0.2, -0.15) is 5.10 Å². The van der Waals surface area contributed by atoms with Crippen LogP contribution in [0.4, 0.5) is 5.69 Å². The quantitative estimate of drug-likeness (QED) is 0.264. The molecule has 1 aromatic carbocycles. The van der Waals surface area contributed by atoms with E-state index in [0.29, 0.717) is 22.5 Å². The summed E-state index contributed by atoms with van der Waals surface area (Å²) >= 11 is 0. The van der Waals surface area contributed by atoms with Crippen LogP contribution in [0.5, 0.6) is 11.5 Å². The molecular weight excluding hydrogens is 376 g/mol. The molecule has 0 radical (unpaired) electrons. The number of methoxy groups -OCH3 is 1. The Labute approximate surface area is 167 Å². The van der Waals surface area contributed by atoms with Gasteiger partial charge in [0.05, 0.1) is 35.2 Å². The van der Waals surface area contributed by atoms with Crippen LogP contribution in [0.2, 0.25) is 0 Å². The van der Waals surface area contributed by atoms with Crippen molar-refractivity contribution in [1.82, 2.24) is 14.8 Å². The van der Waals surface area contributed by atoms with E-state index in [2.05, 4.69) is 10.1 Å². The summed E-state index contributed by atoms with van der Waals surface area (Å²) in [5.41, 5.74) is 1.18. The van der Waals surface area contributed by atoms with Crippen molar-refractivity contribution in [1.29, 1.82) is 0 Å². The number of hydrogen-bond acceptors (Lipinski definition) is 7. The van der Waals surface area contributed by atoms with Crippen LogP contribution >= 0.6 is 0 Å². The van der Waals surface area contributed by atoms with Crippen molar-refractivity contribution in [2.24, 2.45) is 0 Å². The summed E-state index contributed by atoms with van der Waals surface area (Å²) in [6.07, 6.45) is 1.56. The van der Waals surface area contributed by atoms with E-state index >= 15 is 0 Å². The third kappa shape index (κ3) is 3.89. The lowest BCUT2D eigenvalue weighted by atomic mass is 10.1. The number of carbonyl (C=O) groups excluding carboxylic acids is 1. The maximum atomic E-state index is 13.0. The zero-order chi connectivity index (χ0) is 21.3. The Kier molecular flexibility index (Phi) is 5.49. The normalized spacial score (nSPS) is 11.3. The van der Waals surface area contributed by atoms with Crippen molar-refractivity contribution in [2.45, 2.75) is 39.7 Å². The fraction of sp³-hybridized carbons (Fsp3) is 0.350. The van der Waals surface area contributed by atoms with Crippen LogP contribution in [0.3, 0.4) is 0 Å². The van der Waals surface area contributed by atoms with Crippen LogP contribution in [0.15, 0.2) is 30.5 Å². The lowest BCUT2D eigenvalue weighted by Crippen LogP contribution is -2.12. The van der Waals surface area contributed by atoms with Crippen molar-refractivity contribution in [2.75, 3.05) is 7.11 Å². The van der Waals surface area contributed by atoms with Gasteiger partial charge in [0.15, 0.2) is 5.65 Å². The molecule has 0 aliphatic rings. The van der Waals surface area contributed by atoms with Crippen molar-refractivity contribution >= 4 is 22.7 Å². The third-order valence-electron chi connectivity index (χ3n) is 4.45. The fourth-order valence-electron chi connectivity index (χ4n) is 2.89. The maximum Gasteiger partial charge on any atom is 0.344 e. The van der Waals surface area contributed by atoms with Gasteiger partial charge in [0.1, 0.15) is 5.75 Å². The molecule has 0 atom stereocenters. The Balaban J connectivity index is 2.09. The summed E-state index contributed by atoms with van der Waals surface area (Å²) < 4.78 is 12.1. The van der Waals surface area contributed by atoms with Gasteiger partial charge in [-0.1, -0.05) is 13.8 Å². The second-order valence-electron chi connectivity index (χ2n) is 7.15. The van der Waals surface area contributed by atoms with Crippen molar-refractivity contribution in [3.05, 3.63) is 51.8 Å². The maximum absolute atomic E-state index is 13.0. The summed E-state index contributed by atoms with van der Waals surface area (Å²) in [5.74, 6) is -0.510. The molecule has 0 aliphatic carbocycles. The van der Waals surface area contributed by atoms with E-state index < -0.39 is 10.9 Å². The molecule has 0 spiro atoms. The highest BCUT2D eigenvalue weighted by atomic mass is 16.6. The largest absolute Gasteiger partial charge is 0.496 e. The Bertz CT molecular complexity index is 1090. The van der Waals surface area contributed by atoms with E-state index in [1.807, 2.05) is 27.7 Å². The van der Waals surface area contributed by atoms with E-state index in [0.717, 1.165) is 0 Å². The van der Waals surface area contributed by atoms with Crippen LogP contribution < -0.4 is 9.47 Å². The van der Waals surface area contributed by atoms with Gasteiger partial charge in [0, 0.05) is 11.7 Å². The van der Waals surface area contributed by atoms with Crippen LogP contribution in [-0.4, -0.2) is 32.8 Å². The first-order valence-electron chi connectivity index (χ1n) is 9.15. The molecule has 0 aliphatic heterocycles. The minimum Gasteiger partial charge on any atom is -0.496 e. The summed E-state index contributed by atoms with van der Waals surface area (Å²) in [6.45, 7) is 7.87. The monoisotopic (exact) mass is 398 g/mol. The molecule has 0 fully saturated rings. The number of fused-ring (bicyclic) bond motifs is 1. The zero-order valence-corrected chi connectivity index (χ0v) is 16.9. The topological polar surface area (TPSA) is 109 Å². The minimum absolute atomic E-state index is 0.0500. The van der Waals surface area contributed by atoms with Crippen LogP contribution in [0.25, 0.3) is 11.0 Å². The Morgan fingerprint density at radius 3 is 2.52 bits per heavy atom. The molecule has 2 heterocycles. The predicted octanol–water partition coefficient (Wildman–Crippen LogP) is 4.27. The Morgan fingerprint density at radius 1 is 1.21 bits per heavy atom. The molecule has 9 nitrogen and oxygen atoms in total. The minimum atomic E-state index is -0.712. The van der Waals surface area contributed by atoms with Gasteiger partial charge in [-0.25, -0.2) is 14.5 Å². The number of nitro benzene ring substituents is 1. The second kappa shape index (κ2) is 7.86. The Morgan fingerprint density at radius 2 is 1.93 bits per heavy atom. The number of esters is 1. The van der Waals surface area contributed by atoms with Gasteiger partial charge in [0.2, 0.25) is 5.75 Å². The van der Waals surface area contributed by atoms with Crippen molar-refractivity contribution in [3.8, 4) is 11.5 Å². The van der Waals surface area contributed by atoms with Crippen molar-refractivity contribution < 1.29 is 19.2 Å². The third-order valence-corrected chi connectivity index (χ3v) is 4.45. The first-order valence-corrected chi connectivity index (χ1v) is 9.15. The highest BCUT2D eigenvalue weighted by Crippen LogP contribution is 2.32. The molecule has 0 saturated carbocycles.